The van der Waals surface area contributed by atoms with Crippen LogP contribution in [0.3, 0.4) is 0 Å². The van der Waals surface area contributed by atoms with Gasteiger partial charge in [-0.2, -0.15) is 0 Å². The van der Waals surface area contributed by atoms with Crippen molar-refractivity contribution in [2.45, 2.75) is 18.9 Å². The van der Waals surface area contributed by atoms with Gasteiger partial charge in [0.2, 0.25) is 0 Å². The van der Waals surface area contributed by atoms with Gasteiger partial charge in [-0.25, -0.2) is 9.59 Å². The molecule has 0 saturated carbocycles. The maximum Gasteiger partial charge on any atom is 0.408 e. The van der Waals surface area contributed by atoms with Gasteiger partial charge in [0, 0.05) is 11.4 Å². The van der Waals surface area contributed by atoms with Crippen molar-refractivity contribution in [1.82, 2.24) is 4.90 Å². The van der Waals surface area contributed by atoms with E-state index in [1.54, 1.807) is 11.3 Å². The molecule has 1 aromatic heterocycles. The number of carboxylic acid groups (broad SMARTS) is 2. The van der Waals surface area contributed by atoms with Gasteiger partial charge >= 0.3 is 12.1 Å². The Labute approximate surface area is 137 Å². The van der Waals surface area contributed by atoms with Gasteiger partial charge in [0.25, 0.3) is 0 Å². The van der Waals surface area contributed by atoms with Crippen molar-refractivity contribution < 1.29 is 19.8 Å². The summed E-state index contributed by atoms with van der Waals surface area (Å²) in [5.41, 5.74) is 2.30. The van der Waals surface area contributed by atoms with Gasteiger partial charge in [0.05, 0.1) is 0 Å². The maximum atomic E-state index is 11.2. The third-order valence-corrected chi connectivity index (χ3v) is 5.13. The average molecular weight is 331 g/mol. The molecule has 0 bridgehead atoms. The first-order chi connectivity index (χ1) is 11.0. The topological polar surface area (TPSA) is 77.8 Å². The summed E-state index contributed by atoms with van der Waals surface area (Å²) in [4.78, 5) is 24.6. The fourth-order valence-corrected chi connectivity index (χ4v) is 4.08. The van der Waals surface area contributed by atoms with Crippen LogP contribution in [0.15, 0.2) is 41.8 Å². The molecule has 2 atom stereocenters. The highest BCUT2D eigenvalue weighted by atomic mass is 32.1. The number of amides is 1. The first kappa shape index (κ1) is 15.6. The van der Waals surface area contributed by atoms with Gasteiger partial charge in [-0.05, 0) is 41.3 Å². The van der Waals surface area contributed by atoms with E-state index in [1.165, 1.54) is 0 Å². The molecule has 0 radical (unpaired) electrons. The molecule has 2 aromatic rings. The van der Waals surface area contributed by atoms with Crippen LogP contribution in [0.5, 0.6) is 0 Å². The van der Waals surface area contributed by atoms with Gasteiger partial charge in [-0.1, -0.05) is 30.3 Å². The molecule has 1 aromatic carbocycles. The summed E-state index contributed by atoms with van der Waals surface area (Å²) in [5, 5.41) is 20.4. The highest BCUT2D eigenvalue weighted by Gasteiger charge is 2.39. The van der Waals surface area contributed by atoms with E-state index in [2.05, 4.69) is 11.4 Å². The summed E-state index contributed by atoms with van der Waals surface area (Å²) in [6.07, 6.45) is -0.0679. The number of hydrogen-bond acceptors (Lipinski definition) is 3. The highest BCUT2D eigenvalue weighted by molar-refractivity contribution is 7.10. The lowest BCUT2D eigenvalue weighted by Gasteiger charge is -2.16. The average Bonchev–Trinajstić information content (AvgIpc) is 3.16. The van der Waals surface area contributed by atoms with Crippen molar-refractivity contribution in [2.24, 2.45) is 5.92 Å². The maximum absolute atomic E-state index is 11.2. The molecular weight excluding hydrogens is 314 g/mol. The summed E-state index contributed by atoms with van der Waals surface area (Å²) in [7, 11) is 0. The Hall–Kier alpha value is -2.34. The Morgan fingerprint density at radius 2 is 1.91 bits per heavy atom. The number of carbonyl (C=O) groups is 2. The molecule has 1 saturated heterocycles. The summed E-state index contributed by atoms with van der Waals surface area (Å²) < 4.78 is 0. The third kappa shape index (κ3) is 3.37. The number of benzene rings is 1. The van der Waals surface area contributed by atoms with E-state index in [4.69, 9.17) is 10.2 Å². The van der Waals surface area contributed by atoms with Gasteiger partial charge in [-0.3, -0.25) is 4.90 Å². The number of rotatable bonds is 4. The van der Waals surface area contributed by atoms with E-state index < -0.39 is 18.1 Å². The molecule has 5 nitrogen and oxygen atoms in total. The van der Waals surface area contributed by atoms with Gasteiger partial charge in [-0.15, -0.1) is 11.3 Å². The minimum absolute atomic E-state index is 0.0504. The standard InChI is InChI=1S/C17H17NO4S/c19-16(20)15-7-11(9-18(15)17(21)22)6-14-8-13(10-23-14)12-4-2-1-3-5-12/h1-5,8,10-11,15H,6-7,9H2,(H,19,20)(H,21,22)/t11-,15+/m0/s1. The Balaban J connectivity index is 1.70. The Bertz CT molecular complexity index is 690. The first-order valence-corrected chi connectivity index (χ1v) is 8.27. The zero-order valence-electron chi connectivity index (χ0n) is 12.4. The fourth-order valence-electron chi connectivity index (χ4n) is 3.07. The molecule has 1 fully saturated rings. The van der Waals surface area contributed by atoms with Crippen LogP contribution in [0, 0.1) is 5.92 Å². The second-order valence-corrected chi connectivity index (χ2v) is 6.76. The van der Waals surface area contributed by atoms with Crippen LogP contribution in [0.2, 0.25) is 0 Å². The molecule has 23 heavy (non-hydrogen) atoms. The monoisotopic (exact) mass is 331 g/mol. The molecular formula is C17H17NO4S. The highest BCUT2D eigenvalue weighted by Crippen LogP contribution is 2.31. The summed E-state index contributed by atoms with van der Waals surface area (Å²) in [5.74, 6) is -1.01. The molecule has 120 valence electrons. The Morgan fingerprint density at radius 3 is 2.52 bits per heavy atom. The zero-order chi connectivity index (χ0) is 16.4. The lowest BCUT2D eigenvalue weighted by Crippen LogP contribution is -2.39. The van der Waals surface area contributed by atoms with Gasteiger partial charge < -0.3 is 10.2 Å². The van der Waals surface area contributed by atoms with E-state index in [0.29, 0.717) is 12.8 Å². The molecule has 0 spiro atoms. The summed E-state index contributed by atoms with van der Waals surface area (Å²) in [6.45, 7) is 0.283. The SMILES string of the molecule is O=C(O)[C@H]1C[C@H](Cc2cc(-c3ccccc3)cs2)CN1C(=O)O. The number of hydrogen-bond donors (Lipinski definition) is 2. The van der Waals surface area contributed by atoms with E-state index in [9.17, 15) is 9.59 Å². The molecule has 2 heterocycles. The van der Waals surface area contributed by atoms with E-state index in [0.717, 1.165) is 20.9 Å². The Kier molecular flexibility index (Phi) is 4.34. The van der Waals surface area contributed by atoms with Crippen LogP contribution in [-0.4, -0.2) is 39.8 Å². The molecule has 2 N–H and O–H groups in total. The molecule has 1 amide bonds. The minimum atomic E-state index is -1.16. The van der Waals surface area contributed by atoms with Crippen LogP contribution < -0.4 is 0 Å². The lowest BCUT2D eigenvalue weighted by atomic mass is 10.00. The van der Waals surface area contributed by atoms with Crippen LogP contribution in [0.25, 0.3) is 11.1 Å². The van der Waals surface area contributed by atoms with Crippen LogP contribution in [-0.2, 0) is 11.2 Å². The van der Waals surface area contributed by atoms with Gasteiger partial charge in [0.15, 0.2) is 0 Å². The smallest absolute Gasteiger partial charge is 0.408 e. The minimum Gasteiger partial charge on any atom is -0.480 e. The molecule has 1 aliphatic heterocycles. The predicted octanol–water partition coefficient (Wildman–Crippen LogP) is 3.41. The second-order valence-electron chi connectivity index (χ2n) is 5.76. The molecule has 6 heteroatoms. The van der Waals surface area contributed by atoms with Crippen molar-refractivity contribution in [1.29, 1.82) is 0 Å². The van der Waals surface area contributed by atoms with E-state index in [1.807, 2.05) is 30.3 Å². The predicted molar refractivity (Wildman–Crippen MR) is 87.7 cm³/mol. The lowest BCUT2D eigenvalue weighted by molar-refractivity contribution is -0.141. The fraction of sp³-hybridized carbons (Fsp3) is 0.294. The Morgan fingerprint density at radius 1 is 1.17 bits per heavy atom. The van der Waals surface area contributed by atoms with Crippen molar-refractivity contribution >= 4 is 23.4 Å². The van der Waals surface area contributed by atoms with Crippen LogP contribution in [0.4, 0.5) is 4.79 Å². The molecule has 0 aliphatic carbocycles. The van der Waals surface area contributed by atoms with Crippen LogP contribution >= 0.6 is 11.3 Å². The molecule has 0 unspecified atom stereocenters. The quantitative estimate of drug-likeness (QED) is 0.900. The number of likely N-dealkylation sites (tertiary alicyclic amines) is 1. The van der Waals surface area contributed by atoms with Crippen molar-refractivity contribution in [3.05, 3.63) is 46.7 Å². The van der Waals surface area contributed by atoms with Crippen LogP contribution in [0.1, 0.15) is 11.3 Å². The summed E-state index contributed by atoms with van der Waals surface area (Å²) >= 11 is 1.64. The third-order valence-electron chi connectivity index (χ3n) is 4.17. The molecule has 1 aliphatic rings. The number of thiophene rings is 1. The van der Waals surface area contributed by atoms with E-state index >= 15 is 0 Å². The van der Waals surface area contributed by atoms with Crippen molar-refractivity contribution in [3.8, 4) is 11.1 Å². The van der Waals surface area contributed by atoms with Gasteiger partial charge in [0.1, 0.15) is 6.04 Å². The number of nitrogens with zero attached hydrogens (tertiary/aromatic N) is 1. The largest absolute Gasteiger partial charge is 0.480 e. The second kappa shape index (κ2) is 6.42. The van der Waals surface area contributed by atoms with E-state index in [-0.39, 0.29) is 12.5 Å². The normalized spacial score (nSPS) is 20.6. The van der Waals surface area contributed by atoms with Crippen molar-refractivity contribution in [2.75, 3.05) is 6.54 Å². The number of carboxylic acids is 1. The zero-order valence-corrected chi connectivity index (χ0v) is 13.2. The first-order valence-electron chi connectivity index (χ1n) is 7.40. The number of aliphatic carboxylic acids is 1. The summed E-state index contributed by atoms with van der Waals surface area (Å²) in [6, 6.07) is 11.2. The molecule has 3 rings (SSSR count). The van der Waals surface area contributed by atoms with Crippen molar-refractivity contribution in [3.63, 3.8) is 0 Å².